The van der Waals surface area contributed by atoms with Gasteiger partial charge in [-0.1, -0.05) is 23.8 Å². The summed E-state index contributed by atoms with van der Waals surface area (Å²) in [4.78, 5) is 0. The van der Waals surface area contributed by atoms with E-state index in [1.807, 2.05) is 0 Å². The lowest BCUT2D eigenvalue weighted by Crippen LogP contribution is -2.33. The van der Waals surface area contributed by atoms with Crippen LogP contribution in [0.3, 0.4) is 0 Å². The Balaban J connectivity index is 1.77. The van der Waals surface area contributed by atoms with Crippen molar-refractivity contribution in [2.24, 2.45) is 5.92 Å². The van der Waals surface area contributed by atoms with Gasteiger partial charge >= 0.3 is 0 Å². The molecule has 144 valence electrons. The third kappa shape index (κ3) is 2.68. The molecule has 0 aromatic heterocycles. The predicted octanol–water partition coefficient (Wildman–Crippen LogP) is 6.89. The summed E-state index contributed by atoms with van der Waals surface area (Å²) in [5.41, 5.74) is 8.08. The molecule has 1 N–H and O–H groups in total. The van der Waals surface area contributed by atoms with E-state index in [-0.39, 0.29) is 17.5 Å². The number of ether oxygens (including phenoxy) is 1. The molecule has 0 saturated heterocycles. The molecule has 28 heavy (non-hydrogen) atoms. The molecular weight excluding hydrogens is 349 g/mol. The van der Waals surface area contributed by atoms with Gasteiger partial charge in [0.2, 0.25) is 0 Å². The van der Waals surface area contributed by atoms with Crippen LogP contribution >= 0.6 is 0 Å². The first-order valence-electron chi connectivity index (χ1n) is 10.1. The molecule has 1 aliphatic carbocycles. The average Bonchev–Trinajstić information content (AvgIpc) is 3.05. The van der Waals surface area contributed by atoms with Crippen molar-refractivity contribution in [2.45, 2.75) is 52.2 Å². The zero-order valence-corrected chi connectivity index (χ0v) is 16.9. The van der Waals surface area contributed by atoms with Crippen LogP contribution in [0.25, 0.3) is 16.7 Å². The van der Waals surface area contributed by atoms with Gasteiger partial charge in [-0.15, -0.1) is 0 Å². The van der Waals surface area contributed by atoms with Crippen LogP contribution in [0.4, 0.5) is 10.1 Å². The van der Waals surface area contributed by atoms with E-state index in [0.29, 0.717) is 5.92 Å². The van der Waals surface area contributed by atoms with E-state index in [1.165, 1.54) is 28.3 Å². The summed E-state index contributed by atoms with van der Waals surface area (Å²) in [6.07, 6.45) is 6.81. The topological polar surface area (TPSA) is 21.3 Å². The van der Waals surface area contributed by atoms with Crippen LogP contribution in [-0.4, -0.2) is 5.54 Å². The van der Waals surface area contributed by atoms with Gasteiger partial charge in [0, 0.05) is 28.3 Å². The first-order chi connectivity index (χ1) is 13.3. The van der Waals surface area contributed by atoms with E-state index in [4.69, 9.17) is 4.74 Å². The summed E-state index contributed by atoms with van der Waals surface area (Å²) >= 11 is 0. The Morgan fingerprint density at radius 3 is 2.68 bits per heavy atom. The highest BCUT2D eigenvalue weighted by Gasteiger charge is 2.37. The van der Waals surface area contributed by atoms with E-state index < -0.39 is 0 Å². The highest BCUT2D eigenvalue weighted by molar-refractivity contribution is 5.89. The van der Waals surface area contributed by atoms with Crippen LogP contribution < -0.4 is 10.1 Å². The number of benzene rings is 2. The number of anilines is 1. The zero-order valence-electron chi connectivity index (χ0n) is 16.9. The maximum absolute atomic E-state index is 14.1. The minimum Gasteiger partial charge on any atom is -0.484 e. The van der Waals surface area contributed by atoms with Gasteiger partial charge < -0.3 is 10.1 Å². The number of fused-ring (bicyclic) bond motifs is 5. The van der Waals surface area contributed by atoms with Gasteiger partial charge in [-0.25, -0.2) is 4.39 Å². The Hall–Kier alpha value is -2.55. The van der Waals surface area contributed by atoms with Crippen LogP contribution in [0.2, 0.25) is 0 Å². The lowest BCUT2D eigenvalue weighted by atomic mass is 9.79. The molecule has 0 radical (unpaired) electrons. The molecular formula is C25H26FNO. The summed E-state index contributed by atoms with van der Waals surface area (Å²) in [6, 6.07) is 9.14. The maximum atomic E-state index is 14.1. The van der Waals surface area contributed by atoms with Crippen molar-refractivity contribution < 1.29 is 9.13 Å². The number of halogens is 1. The van der Waals surface area contributed by atoms with E-state index in [0.717, 1.165) is 35.4 Å². The number of hydrogen-bond acceptors (Lipinski definition) is 2. The minimum absolute atomic E-state index is 0.0493. The monoisotopic (exact) mass is 375 g/mol. The highest BCUT2D eigenvalue weighted by Crippen LogP contribution is 2.52. The van der Waals surface area contributed by atoms with Crippen molar-refractivity contribution in [3.63, 3.8) is 0 Å². The number of nitrogens with one attached hydrogen (secondary N) is 1. The largest absolute Gasteiger partial charge is 0.484 e. The minimum atomic E-state index is -0.229. The van der Waals surface area contributed by atoms with Crippen molar-refractivity contribution in [3.05, 3.63) is 65.0 Å². The summed E-state index contributed by atoms with van der Waals surface area (Å²) in [7, 11) is 0. The third-order valence-corrected chi connectivity index (χ3v) is 6.20. The Labute approximate surface area is 166 Å². The molecule has 2 heterocycles. The van der Waals surface area contributed by atoms with Gasteiger partial charge in [0.25, 0.3) is 0 Å². The smallest absolute Gasteiger partial charge is 0.131 e. The fourth-order valence-corrected chi connectivity index (χ4v) is 5.15. The average molecular weight is 375 g/mol. The summed E-state index contributed by atoms with van der Waals surface area (Å²) in [5.74, 6) is 0.890. The Morgan fingerprint density at radius 1 is 1.11 bits per heavy atom. The second-order valence-corrected chi connectivity index (χ2v) is 9.02. The van der Waals surface area contributed by atoms with Gasteiger partial charge in [-0.2, -0.15) is 0 Å². The van der Waals surface area contributed by atoms with Crippen LogP contribution in [0.5, 0.6) is 5.75 Å². The zero-order chi connectivity index (χ0) is 19.6. The quantitative estimate of drug-likeness (QED) is 0.548. The second kappa shape index (κ2) is 5.97. The van der Waals surface area contributed by atoms with Gasteiger partial charge in [0.15, 0.2) is 0 Å². The first kappa shape index (κ1) is 17.5. The molecule has 2 unspecified atom stereocenters. The molecule has 0 amide bonds. The molecule has 2 aliphatic heterocycles. The van der Waals surface area contributed by atoms with Gasteiger partial charge in [0.1, 0.15) is 17.7 Å². The van der Waals surface area contributed by atoms with Gasteiger partial charge in [-0.05, 0) is 75.9 Å². The molecule has 2 nitrogen and oxygen atoms in total. The van der Waals surface area contributed by atoms with Gasteiger partial charge in [0.05, 0.1) is 5.54 Å². The molecule has 3 aliphatic rings. The summed E-state index contributed by atoms with van der Waals surface area (Å²) in [5, 5.41) is 3.65. The molecule has 2 aromatic carbocycles. The van der Waals surface area contributed by atoms with Crippen molar-refractivity contribution >= 4 is 11.3 Å². The Bertz CT molecular complexity index is 1050. The van der Waals surface area contributed by atoms with Gasteiger partial charge in [-0.3, -0.25) is 0 Å². The standard InChI is InChI=1S/C25H26FNO/c1-14-5-6-16(11-14)24-23-18(19-12-17(26)7-10-21(19)28-24)8-9-20-22(23)15(2)13-25(3,4)27-20/h7-13,16,24,27H,5-6H2,1-4H3. The molecule has 3 heteroatoms. The predicted molar refractivity (Wildman–Crippen MR) is 113 cm³/mol. The van der Waals surface area contributed by atoms with E-state index >= 15 is 0 Å². The highest BCUT2D eigenvalue weighted by atomic mass is 19.1. The van der Waals surface area contributed by atoms with Crippen LogP contribution in [0, 0.1) is 11.7 Å². The number of rotatable bonds is 1. The van der Waals surface area contributed by atoms with Crippen LogP contribution in [-0.2, 0) is 0 Å². The molecule has 2 atom stereocenters. The van der Waals surface area contributed by atoms with E-state index in [1.54, 1.807) is 12.1 Å². The molecule has 2 aromatic rings. The maximum Gasteiger partial charge on any atom is 0.131 e. The first-order valence-corrected chi connectivity index (χ1v) is 10.1. The number of allylic oxidation sites excluding steroid dienone is 2. The van der Waals surface area contributed by atoms with Crippen molar-refractivity contribution in [2.75, 3.05) is 5.32 Å². The third-order valence-electron chi connectivity index (χ3n) is 6.20. The van der Waals surface area contributed by atoms with Crippen molar-refractivity contribution in [1.29, 1.82) is 0 Å². The molecule has 0 saturated carbocycles. The van der Waals surface area contributed by atoms with E-state index in [9.17, 15) is 4.39 Å². The van der Waals surface area contributed by atoms with E-state index in [2.05, 4.69) is 57.3 Å². The SMILES string of the molecule is CC1=CC(C2Oc3ccc(F)cc3-c3ccc4c(c32)C(C)=CC(C)(C)N4)CC1. The molecule has 5 rings (SSSR count). The molecule has 0 fully saturated rings. The fraction of sp³-hybridized carbons (Fsp3) is 0.360. The number of hydrogen-bond donors (Lipinski definition) is 1. The Kier molecular flexibility index (Phi) is 3.74. The summed E-state index contributed by atoms with van der Waals surface area (Å²) < 4.78 is 20.6. The fourth-order valence-electron chi connectivity index (χ4n) is 5.15. The van der Waals surface area contributed by atoms with Crippen LogP contribution in [0.15, 0.2) is 48.1 Å². The van der Waals surface area contributed by atoms with Crippen LogP contribution in [0.1, 0.15) is 57.8 Å². The van der Waals surface area contributed by atoms with Crippen molar-refractivity contribution in [3.8, 4) is 16.9 Å². The normalized spacial score (nSPS) is 24.2. The van der Waals surface area contributed by atoms with Crippen molar-refractivity contribution in [1.82, 2.24) is 0 Å². The Morgan fingerprint density at radius 2 is 1.93 bits per heavy atom. The lowest BCUT2D eigenvalue weighted by Gasteiger charge is -2.38. The summed E-state index contributed by atoms with van der Waals surface area (Å²) in [6.45, 7) is 8.74. The molecule has 0 spiro atoms. The second-order valence-electron chi connectivity index (χ2n) is 9.02. The lowest BCUT2D eigenvalue weighted by molar-refractivity contribution is 0.154. The molecule has 0 bridgehead atoms.